The molecule has 0 spiro atoms. The third-order valence-electron chi connectivity index (χ3n) is 5.14. The summed E-state index contributed by atoms with van der Waals surface area (Å²) in [5.74, 6) is 0.402. The number of carbonyl (C=O) groups excluding carboxylic acids is 1. The molecule has 2 N–H and O–H groups in total. The molecule has 0 saturated heterocycles. The van der Waals surface area contributed by atoms with Gasteiger partial charge in [-0.3, -0.25) is 9.52 Å². The van der Waals surface area contributed by atoms with Crippen molar-refractivity contribution in [2.24, 2.45) is 0 Å². The average molecular weight is 439 g/mol. The predicted octanol–water partition coefficient (Wildman–Crippen LogP) is 4.72. The van der Waals surface area contributed by atoms with E-state index in [9.17, 15) is 13.2 Å². The molecule has 6 nitrogen and oxygen atoms in total. The van der Waals surface area contributed by atoms with Crippen molar-refractivity contribution >= 4 is 27.3 Å². The maximum atomic E-state index is 13.0. The van der Waals surface area contributed by atoms with E-state index in [2.05, 4.69) is 10.0 Å². The van der Waals surface area contributed by atoms with E-state index in [1.165, 1.54) is 6.07 Å². The van der Waals surface area contributed by atoms with E-state index in [1.807, 2.05) is 44.2 Å². The SMILES string of the molecule is COc1ccc(NS(=O)(=O)c2cc(NC(=O)C(C)(C)c3ccccc3)ccc2C)cc1. The molecule has 0 radical (unpaired) electrons. The quantitative estimate of drug-likeness (QED) is 0.559. The number of rotatable bonds is 7. The molecular formula is C24H26N2O4S. The molecule has 0 aliphatic carbocycles. The van der Waals surface area contributed by atoms with Crippen LogP contribution in [0, 0.1) is 6.92 Å². The molecule has 0 heterocycles. The lowest BCUT2D eigenvalue weighted by Gasteiger charge is -2.24. The smallest absolute Gasteiger partial charge is 0.262 e. The highest BCUT2D eigenvalue weighted by Gasteiger charge is 2.30. The second kappa shape index (κ2) is 8.81. The van der Waals surface area contributed by atoms with Crippen LogP contribution in [0.25, 0.3) is 0 Å². The number of methoxy groups -OCH3 is 1. The molecule has 0 unspecified atom stereocenters. The van der Waals surface area contributed by atoms with Gasteiger partial charge in [-0.25, -0.2) is 8.42 Å². The van der Waals surface area contributed by atoms with Crippen molar-refractivity contribution in [3.05, 3.63) is 83.9 Å². The van der Waals surface area contributed by atoms with Crippen LogP contribution in [-0.2, 0) is 20.2 Å². The molecule has 0 aliphatic heterocycles. The lowest BCUT2D eigenvalue weighted by atomic mass is 9.83. The van der Waals surface area contributed by atoms with Gasteiger partial charge in [0.05, 0.1) is 17.4 Å². The van der Waals surface area contributed by atoms with Crippen molar-refractivity contribution < 1.29 is 17.9 Å². The molecule has 7 heteroatoms. The van der Waals surface area contributed by atoms with E-state index >= 15 is 0 Å². The number of sulfonamides is 1. The fourth-order valence-corrected chi connectivity index (χ4v) is 4.44. The molecule has 0 aliphatic rings. The van der Waals surface area contributed by atoms with Crippen LogP contribution in [0.3, 0.4) is 0 Å². The Morgan fingerprint density at radius 3 is 2.13 bits per heavy atom. The summed E-state index contributed by atoms with van der Waals surface area (Å²) in [6, 6.07) is 20.9. The zero-order chi connectivity index (χ0) is 22.6. The van der Waals surface area contributed by atoms with E-state index in [-0.39, 0.29) is 10.8 Å². The van der Waals surface area contributed by atoms with Crippen LogP contribution in [0.5, 0.6) is 5.75 Å². The molecule has 1 amide bonds. The van der Waals surface area contributed by atoms with Gasteiger partial charge in [-0.15, -0.1) is 0 Å². The zero-order valence-corrected chi connectivity index (χ0v) is 18.8. The highest BCUT2D eigenvalue weighted by Crippen LogP contribution is 2.27. The summed E-state index contributed by atoms with van der Waals surface area (Å²) < 4.78 is 33.6. The number of anilines is 2. The lowest BCUT2D eigenvalue weighted by molar-refractivity contribution is -0.120. The minimum atomic E-state index is -3.85. The van der Waals surface area contributed by atoms with Crippen LogP contribution in [0.2, 0.25) is 0 Å². The average Bonchev–Trinajstić information content (AvgIpc) is 2.75. The molecule has 3 aromatic carbocycles. The largest absolute Gasteiger partial charge is 0.497 e. The van der Waals surface area contributed by atoms with Crippen LogP contribution in [0.1, 0.15) is 25.0 Å². The van der Waals surface area contributed by atoms with Gasteiger partial charge >= 0.3 is 0 Å². The number of hydrogen-bond donors (Lipinski definition) is 2. The Morgan fingerprint density at radius 2 is 1.52 bits per heavy atom. The minimum absolute atomic E-state index is 0.0960. The maximum Gasteiger partial charge on any atom is 0.262 e. The monoisotopic (exact) mass is 438 g/mol. The van der Waals surface area contributed by atoms with Crippen LogP contribution in [0.15, 0.2) is 77.7 Å². The van der Waals surface area contributed by atoms with Crippen molar-refractivity contribution in [1.82, 2.24) is 0 Å². The van der Waals surface area contributed by atoms with Gasteiger partial charge < -0.3 is 10.1 Å². The number of hydrogen-bond acceptors (Lipinski definition) is 4. The van der Waals surface area contributed by atoms with E-state index in [0.29, 0.717) is 22.7 Å². The molecule has 162 valence electrons. The first-order valence-corrected chi connectivity index (χ1v) is 11.3. The lowest BCUT2D eigenvalue weighted by Crippen LogP contribution is -2.34. The normalized spacial score (nSPS) is 11.6. The summed E-state index contributed by atoms with van der Waals surface area (Å²) in [6.45, 7) is 5.37. The number of nitrogens with one attached hydrogen (secondary N) is 2. The first kappa shape index (κ1) is 22.4. The molecule has 3 aromatic rings. The Morgan fingerprint density at radius 1 is 0.903 bits per heavy atom. The Hall–Kier alpha value is -3.32. The molecule has 0 saturated carbocycles. The molecule has 0 aromatic heterocycles. The maximum absolute atomic E-state index is 13.0. The van der Waals surface area contributed by atoms with Gasteiger partial charge in [-0.1, -0.05) is 36.4 Å². The summed E-state index contributed by atoms with van der Waals surface area (Å²) >= 11 is 0. The predicted molar refractivity (Wildman–Crippen MR) is 123 cm³/mol. The topological polar surface area (TPSA) is 84.5 Å². The Balaban J connectivity index is 1.84. The fourth-order valence-electron chi connectivity index (χ4n) is 3.11. The van der Waals surface area contributed by atoms with Crippen LogP contribution < -0.4 is 14.8 Å². The van der Waals surface area contributed by atoms with E-state index in [4.69, 9.17) is 4.74 Å². The Labute approximate surface area is 183 Å². The van der Waals surface area contributed by atoms with Crippen molar-refractivity contribution in [2.75, 3.05) is 17.1 Å². The van der Waals surface area contributed by atoms with E-state index in [0.717, 1.165) is 5.56 Å². The fraction of sp³-hybridized carbons (Fsp3) is 0.208. The first-order chi connectivity index (χ1) is 14.6. The molecule has 0 atom stereocenters. The van der Waals surface area contributed by atoms with E-state index in [1.54, 1.807) is 50.4 Å². The van der Waals surface area contributed by atoms with Gasteiger partial charge in [0.1, 0.15) is 5.75 Å². The van der Waals surface area contributed by atoms with Crippen LogP contribution >= 0.6 is 0 Å². The first-order valence-electron chi connectivity index (χ1n) is 9.78. The van der Waals surface area contributed by atoms with Gasteiger partial charge in [0.2, 0.25) is 5.91 Å². The van der Waals surface area contributed by atoms with Crippen molar-refractivity contribution in [3.8, 4) is 5.75 Å². The summed E-state index contributed by atoms with van der Waals surface area (Å²) in [6.07, 6.45) is 0. The van der Waals surface area contributed by atoms with Crippen LogP contribution in [-0.4, -0.2) is 21.4 Å². The highest BCUT2D eigenvalue weighted by atomic mass is 32.2. The number of benzene rings is 3. The number of amides is 1. The van der Waals surface area contributed by atoms with Crippen molar-refractivity contribution in [1.29, 1.82) is 0 Å². The second-order valence-electron chi connectivity index (χ2n) is 7.76. The summed E-state index contributed by atoms with van der Waals surface area (Å²) in [5, 5.41) is 2.85. The van der Waals surface area contributed by atoms with E-state index < -0.39 is 15.4 Å². The Bertz CT molecular complexity index is 1170. The molecule has 3 rings (SSSR count). The Kier molecular flexibility index (Phi) is 6.36. The standard InChI is InChI=1S/C24H26N2O4S/c1-17-10-11-20(25-23(27)24(2,3)18-8-6-5-7-9-18)16-22(17)31(28,29)26-19-12-14-21(30-4)15-13-19/h5-16,26H,1-4H3,(H,25,27). The van der Waals surface area contributed by atoms with Gasteiger partial charge in [-0.05, 0) is 68.3 Å². The molecule has 0 bridgehead atoms. The van der Waals surface area contributed by atoms with Crippen LogP contribution in [0.4, 0.5) is 11.4 Å². The zero-order valence-electron chi connectivity index (χ0n) is 18.0. The minimum Gasteiger partial charge on any atom is -0.497 e. The molecular weight excluding hydrogens is 412 g/mol. The summed E-state index contributed by atoms with van der Waals surface area (Å²) in [5.41, 5.74) is 1.48. The summed E-state index contributed by atoms with van der Waals surface area (Å²) in [4.78, 5) is 13.0. The number of ether oxygens (including phenoxy) is 1. The van der Waals surface area contributed by atoms with Gasteiger partial charge in [0, 0.05) is 11.4 Å². The third-order valence-corrected chi connectivity index (χ3v) is 6.66. The number of aryl methyl sites for hydroxylation is 1. The van der Waals surface area contributed by atoms with Gasteiger partial charge in [0.25, 0.3) is 10.0 Å². The number of carbonyl (C=O) groups is 1. The summed E-state index contributed by atoms with van der Waals surface area (Å²) in [7, 11) is -2.31. The molecule has 0 fully saturated rings. The highest BCUT2D eigenvalue weighted by molar-refractivity contribution is 7.92. The second-order valence-corrected chi connectivity index (χ2v) is 9.41. The van der Waals surface area contributed by atoms with Gasteiger partial charge in [0.15, 0.2) is 0 Å². The molecule has 31 heavy (non-hydrogen) atoms. The van der Waals surface area contributed by atoms with Crippen molar-refractivity contribution in [2.45, 2.75) is 31.1 Å². The van der Waals surface area contributed by atoms with Crippen molar-refractivity contribution in [3.63, 3.8) is 0 Å². The third kappa shape index (κ3) is 5.06. The van der Waals surface area contributed by atoms with Gasteiger partial charge in [-0.2, -0.15) is 0 Å².